The van der Waals surface area contributed by atoms with Gasteiger partial charge >= 0.3 is 11.9 Å². The van der Waals surface area contributed by atoms with Gasteiger partial charge in [-0.1, -0.05) is 26.2 Å². The van der Waals surface area contributed by atoms with Gasteiger partial charge in [-0.25, -0.2) is 0 Å². The summed E-state index contributed by atoms with van der Waals surface area (Å²) in [6.07, 6.45) is 9.18. The van der Waals surface area contributed by atoms with Crippen molar-refractivity contribution in [3.05, 3.63) is 0 Å². The summed E-state index contributed by atoms with van der Waals surface area (Å²) < 4.78 is 60.3. The van der Waals surface area contributed by atoms with E-state index in [-0.39, 0.29) is 36.9 Å². The van der Waals surface area contributed by atoms with Crippen molar-refractivity contribution in [1.82, 2.24) is 0 Å². The highest BCUT2D eigenvalue weighted by Crippen LogP contribution is 2.49. The number of hydrogen-bond acceptors (Lipinski definition) is 14. The van der Waals surface area contributed by atoms with E-state index in [0.717, 1.165) is 77.0 Å². The van der Waals surface area contributed by atoms with Crippen LogP contribution in [0.2, 0.25) is 0 Å². The molecule has 296 valence electrons. The van der Waals surface area contributed by atoms with Crippen molar-refractivity contribution in [2.24, 2.45) is 5.92 Å². The molecule has 0 aromatic heterocycles. The molecule has 0 aromatic carbocycles. The highest BCUT2D eigenvalue weighted by Gasteiger charge is 2.61. The molecule has 5 aliphatic heterocycles. The average Bonchev–Trinajstić information content (AvgIpc) is 3.82. The molecule has 3 unspecified atom stereocenters. The number of ether oxygens (including phenoxy) is 10. The van der Waals surface area contributed by atoms with Crippen LogP contribution in [0.1, 0.15) is 124 Å². The highest BCUT2D eigenvalue weighted by atomic mass is 16.8. The van der Waals surface area contributed by atoms with Crippen LogP contribution < -0.4 is 0 Å². The first kappa shape index (κ1) is 38.8. The second-order valence-electron chi connectivity index (χ2n) is 16.3. The van der Waals surface area contributed by atoms with Crippen molar-refractivity contribution < 1.29 is 67.2 Å². The Morgan fingerprint density at radius 3 is 1.77 bits per heavy atom. The Labute approximate surface area is 306 Å². The largest absolute Gasteiger partial charge is 0.462 e. The van der Waals surface area contributed by atoms with Gasteiger partial charge in [-0.05, 0) is 45.4 Å². The summed E-state index contributed by atoms with van der Waals surface area (Å²) in [6, 6.07) is 0. The number of carbonyl (C=O) groups excluding carboxylic acids is 2. The predicted molar refractivity (Wildman–Crippen MR) is 180 cm³/mol. The predicted octanol–water partition coefficient (Wildman–Crippen LogP) is 3.93. The van der Waals surface area contributed by atoms with Gasteiger partial charge in [0.25, 0.3) is 0 Å². The summed E-state index contributed by atoms with van der Waals surface area (Å²) in [5, 5.41) is 20.7. The second kappa shape index (κ2) is 16.0. The van der Waals surface area contributed by atoms with E-state index in [4.69, 9.17) is 47.4 Å². The smallest absolute Gasteiger partial charge is 0.303 e. The zero-order chi connectivity index (χ0) is 36.7. The molecule has 8 rings (SSSR count). The molecule has 8 aliphatic rings. The topological polar surface area (TPSA) is 167 Å². The van der Waals surface area contributed by atoms with Crippen molar-refractivity contribution in [2.75, 3.05) is 13.2 Å². The van der Waals surface area contributed by atoms with Gasteiger partial charge in [0.1, 0.15) is 49.3 Å². The number of fused-ring (bicyclic) bond motifs is 2. The number of rotatable bonds is 5. The summed E-state index contributed by atoms with van der Waals surface area (Å²) in [4.78, 5) is 22.8. The van der Waals surface area contributed by atoms with Crippen LogP contribution in [0.15, 0.2) is 0 Å². The van der Waals surface area contributed by atoms with Crippen LogP contribution in [-0.4, -0.2) is 120 Å². The minimum atomic E-state index is -1.30. The molecule has 14 heteroatoms. The van der Waals surface area contributed by atoms with E-state index in [9.17, 15) is 19.8 Å². The lowest BCUT2D eigenvalue weighted by molar-refractivity contribution is -0.284. The van der Waals surface area contributed by atoms with Crippen molar-refractivity contribution in [1.29, 1.82) is 0 Å². The first-order valence-electron chi connectivity index (χ1n) is 19.9. The highest BCUT2D eigenvalue weighted by molar-refractivity contribution is 5.67. The maximum Gasteiger partial charge on any atom is 0.303 e. The fourth-order valence-corrected chi connectivity index (χ4v) is 9.64. The molecular formula is C38H60O14. The van der Waals surface area contributed by atoms with Gasteiger partial charge in [0.15, 0.2) is 29.8 Å². The van der Waals surface area contributed by atoms with E-state index in [2.05, 4.69) is 6.92 Å². The lowest BCUT2D eigenvalue weighted by atomic mass is 9.87. The minimum Gasteiger partial charge on any atom is -0.462 e. The molecule has 14 nitrogen and oxygen atoms in total. The first-order chi connectivity index (χ1) is 24.9. The molecule has 2 N–H and O–H groups in total. The zero-order valence-corrected chi connectivity index (χ0v) is 31.2. The van der Waals surface area contributed by atoms with Gasteiger partial charge in [-0.2, -0.15) is 0 Å². The molecule has 0 radical (unpaired) electrons. The number of carbonyl (C=O) groups is 2. The van der Waals surface area contributed by atoms with E-state index in [1.165, 1.54) is 33.1 Å². The molecule has 3 saturated carbocycles. The standard InChI is InChI=1S/2C19H30O7/c20-13-15-16(26-19(25-15)9-5-2-6-10-19)14(23-17(13)21)12-11-22-18(24-12)7-3-1-4-8-18;1-11-12(2)23-17(15(24-14(4)21)10-22-13(3)20)18-16(11)25-19(26-18)8-6-5-7-9-19/h12-17,20-21H,1-11H2;11-12,15-18H,5-10H2,1-4H3/t12?,13-,14+,15+,16?,17-;11-,12-,15+,16-,17-,18?/m10/s1. The van der Waals surface area contributed by atoms with Gasteiger partial charge < -0.3 is 57.6 Å². The summed E-state index contributed by atoms with van der Waals surface area (Å²) in [6.45, 7) is 7.11. The number of aliphatic hydroxyl groups is 2. The lowest BCUT2D eigenvalue weighted by Crippen LogP contribution is -2.60. The van der Waals surface area contributed by atoms with Crippen LogP contribution in [0, 0.1) is 5.92 Å². The molecule has 3 aliphatic carbocycles. The zero-order valence-electron chi connectivity index (χ0n) is 31.2. The molecule has 0 aromatic rings. The molecule has 0 bridgehead atoms. The Hall–Kier alpha value is -1.46. The van der Waals surface area contributed by atoms with Crippen molar-refractivity contribution in [3.8, 4) is 0 Å². The molecular weight excluding hydrogens is 680 g/mol. The van der Waals surface area contributed by atoms with Gasteiger partial charge in [0, 0.05) is 58.3 Å². The second-order valence-corrected chi connectivity index (χ2v) is 16.3. The Kier molecular flexibility index (Phi) is 11.9. The lowest BCUT2D eigenvalue weighted by Gasteiger charge is -2.42. The van der Waals surface area contributed by atoms with Gasteiger partial charge in [0.2, 0.25) is 0 Å². The summed E-state index contributed by atoms with van der Waals surface area (Å²) in [5.74, 6) is -2.43. The van der Waals surface area contributed by atoms with Gasteiger partial charge in [0.05, 0.1) is 18.8 Å². The number of hydrogen-bond donors (Lipinski definition) is 2. The average molecular weight is 741 g/mol. The molecule has 52 heavy (non-hydrogen) atoms. The van der Waals surface area contributed by atoms with Crippen LogP contribution in [0.3, 0.4) is 0 Å². The van der Waals surface area contributed by atoms with Crippen LogP contribution >= 0.6 is 0 Å². The van der Waals surface area contributed by atoms with Crippen molar-refractivity contribution in [2.45, 2.75) is 209 Å². The van der Waals surface area contributed by atoms with E-state index >= 15 is 0 Å². The SMILES string of the molecule is CC(=O)OC[C@@H](OC(C)=O)[C@@H]1O[C@@H](C)[C@H](C)[C@@H]2OC3(CCCCC3)OC21.O[C@H]1[C@H](O)O[C@@H](C2COC3(CCCCC3)O2)C2OC3(CCCCC3)O[C@H]21. The van der Waals surface area contributed by atoms with E-state index in [1.54, 1.807) is 0 Å². The van der Waals surface area contributed by atoms with Crippen LogP contribution in [-0.2, 0) is 57.0 Å². The Morgan fingerprint density at radius 1 is 0.654 bits per heavy atom. The quantitative estimate of drug-likeness (QED) is 0.389. The fraction of sp³-hybridized carbons (Fsp3) is 0.947. The molecule has 3 spiro atoms. The molecule has 12 atom stereocenters. The monoisotopic (exact) mass is 740 g/mol. The van der Waals surface area contributed by atoms with Crippen LogP contribution in [0.25, 0.3) is 0 Å². The Morgan fingerprint density at radius 2 is 1.19 bits per heavy atom. The van der Waals surface area contributed by atoms with E-state index in [1.807, 2.05) is 6.92 Å². The fourth-order valence-electron chi connectivity index (χ4n) is 9.64. The summed E-state index contributed by atoms with van der Waals surface area (Å²) in [5.41, 5.74) is 0. The third-order valence-corrected chi connectivity index (χ3v) is 12.5. The van der Waals surface area contributed by atoms with E-state index in [0.29, 0.717) is 6.61 Å². The van der Waals surface area contributed by atoms with Crippen LogP contribution in [0.5, 0.6) is 0 Å². The Bertz CT molecular complexity index is 1230. The number of esters is 2. The minimum absolute atomic E-state index is 0.0553. The molecule has 0 amide bonds. The molecule has 5 heterocycles. The maximum absolute atomic E-state index is 11.6. The van der Waals surface area contributed by atoms with E-state index < -0.39 is 72.2 Å². The Balaban J connectivity index is 0.000000162. The third-order valence-electron chi connectivity index (χ3n) is 12.5. The molecule has 8 fully saturated rings. The van der Waals surface area contributed by atoms with Gasteiger partial charge in [-0.15, -0.1) is 0 Å². The van der Waals surface area contributed by atoms with Crippen molar-refractivity contribution >= 4 is 11.9 Å². The molecule has 5 saturated heterocycles. The summed E-state index contributed by atoms with van der Waals surface area (Å²) >= 11 is 0. The summed E-state index contributed by atoms with van der Waals surface area (Å²) in [7, 11) is 0. The third kappa shape index (κ3) is 8.08. The normalized spacial score (nSPS) is 42.2. The van der Waals surface area contributed by atoms with Crippen molar-refractivity contribution in [3.63, 3.8) is 0 Å². The maximum atomic E-state index is 11.6. The van der Waals surface area contributed by atoms with Gasteiger partial charge in [-0.3, -0.25) is 9.59 Å². The number of aliphatic hydroxyl groups excluding tert-OH is 2. The van der Waals surface area contributed by atoms with Crippen LogP contribution in [0.4, 0.5) is 0 Å². The first-order valence-corrected chi connectivity index (χ1v) is 19.9.